The number of carboxylic acids is 1. The van der Waals surface area contributed by atoms with Crippen molar-refractivity contribution < 1.29 is 24.2 Å². The Morgan fingerprint density at radius 2 is 2.08 bits per heavy atom. The van der Waals surface area contributed by atoms with Gasteiger partial charge in [0.05, 0.1) is 11.3 Å². The van der Waals surface area contributed by atoms with Gasteiger partial charge in [0, 0.05) is 12.0 Å². The zero-order valence-electron chi connectivity index (χ0n) is 14.6. The lowest BCUT2D eigenvalue weighted by Gasteiger charge is -2.16. The minimum atomic E-state index is -0.843. The van der Waals surface area contributed by atoms with Gasteiger partial charge in [-0.05, 0) is 49.8 Å². The van der Waals surface area contributed by atoms with Gasteiger partial charge in [-0.3, -0.25) is 4.79 Å². The van der Waals surface area contributed by atoms with Gasteiger partial charge < -0.3 is 9.84 Å². The highest BCUT2D eigenvalue weighted by molar-refractivity contribution is 6.00. The summed E-state index contributed by atoms with van der Waals surface area (Å²) < 4.78 is 5.13. The summed E-state index contributed by atoms with van der Waals surface area (Å²) >= 11 is 0. The van der Waals surface area contributed by atoms with Gasteiger partial charge in [0.15, 0.2) is 0 Å². The fraction of sp³-hybridized carbons (Fsp3) is 0.421. The quantitative estimate of drug-likeness (QED) is 0.354. The molecule has 1 heterocycles. The van der Waals surface area contributed by atoms with Crippen LogP contribution in [0.15, 0.2) is 16.6 Å². The molecule has 0 aliphatic carbocycles. The third kappa shape index (κ3) is 3.86. The van der Waals surface area contributed by atoms with Crippen molar-refractivity contribution in [3.63, 3.8) is 0 Å². The number of esters is 1. The van der Waals surface area contributed by atoms with Gasteiger partial charge in [-0.2, -0.15) is 4.99 Å². The molecule has 0 saturated heterocycles. The number of nitrogens with zero attached hydrogens (tertiary/aromatic N) is 1. The number of fused-ring (bicyclic) bond motifs is 1. The Kier molecular flexibility index (Phi) is 5.88. The number of cyclic esters (lactones) is 1. The molecule has 1 aliphatic rings. The Labute approximate surface area is 146 Å². The number of hydrogen-bond acceptors (Lipinski definition) is 5. The molecule has 6 heteroatoms. The lowest BCUT2D eigenvalue weighted by atomic mass is 9.88. The van der Waals surface area contributed by atoms with E-state index in [1.807, 2.05) is 26.8 Å². The number of hydrogen-bond donors (Lipinski definition) is 1. The molecule has 0 bridgehead atoms. The second-order valence-electron chi connectivity index (χ2n) is 6.07. The van der Waals surface area contributed by atoms with Crippen molar-refractivity contribution in [2.45, 2.75) is 53.1 Å². The third-order valence-electron chi connectivity index (χ3n) is 4.54. The first-order chi connectivity index (χ1) is 11.9. The first-order valence-corrected chi connectivity index (χ1v) is 8.20. The molecule has 2 rings (SSSR count). The van der Waals surface area contributed by atoms with Crippen LogP contribution in [0, 0.1) is 6.92 Å². The third-order valence-corrected chi connectivity index (χ3v) is 4.54. The van der Waals surface area contributed by atoms with Crippen LogP contribution in [0.5, 0.6) is 0 Å². The van der Waals surface area contributed by atoms with Gasteiger partial charge in [-0.15, -0.1) is 0 Å². The Balaban J connectivity index is 2.52. The molecule has 6 nitrogen and oxygen atoms in total. The number of benzene rings is 1. The van der Waals surface area contributed by atoms with Crippen LogP contribution in [0.4, 0.5) is 5.69 Å². The van der Waals surface area contributed by atoms with E-state index in [9.17, 15) is 14.4 Å². The Morgan fingerprint density at radius 3 is 2.68 bits per heavy atom. The second kappa shape index (κ2) is 7.90. The molecule has 1 N–H and O–H groups in total. The molecule has 1 aromatic rings. The van der Waals surface area contributed by atoms with Gasteiger partial charge in [0.2, 0.25) is 6.08 Å². The highest BCUT2D eigenvalue weighted by atomic mass is 16.5. The molecular weight excluding hydrogens is 322 g/mol. The number of rotatable bonds is 7. The zero-order chi connectivity index (χ0) is 18.6. The molecule has 0 fully saturated rings. The maximum atomic E-state index is 12.1. The smallest absolute Gasteiger partial charge is 0.341 e. The number of carbonyl (C=O) groups is 2. The van der Waals surface area contributed by atoms with E-state index in [-0.39, 0.29) is 13.0 Å². The van der Waals surface area contributed by atoms with Gasteiger partial charge in [-0.25, -0.2) is 9.59 Å². The molecular formula is C19H21NO5. The topological polar surface area (TPSA) is 93.0 Å². The van der Waals surface area contributed by atoms with Gasteiger partial charge in [0.25, 0.3) is 0 Å². The van der Waals surface area contributed by atoms with Crippen molar-refractivity contribution in [3.8, 4) is 0 Å². The van der Waals surface area contributed by atoms with E-state index in [1.165, 1.54) is 0 Å². The molecule has 25 heavy (non-hydrogen) atoms. The van der Waals surface area contributed by atoms with Crippen molar-refractivity contribution in [2.24, 2.45) is 4.99 Å². The van der Waals surface area contributed by atoms with E-state index < -0.39 is 11.9 Å². The van der Waals surface area contributed by atoms with Crippen LogP contribution in [0.2, 0.25) is 0 Å². The molecule has 1 aromatic carbocycles. The molecule has 0 saturated carbocycles. The normalized spacial score (nSPS) is 13.2. The average Bonchev–Trinajstić information content (AvgIpc) is 2.96. The summed E-state index contributed by atoms with van der Waals surface area (Å²) in [5, 5.41) is 8.78. The number of ether oxygens (including phenoxy) is 1. The van der Waals surface area contributed by atoms with Gasteiger partial charge in [0.1, 0.15) is 6.61 Å². The fourth-order valence-corrected chi connectivity index (χ4v) is 3.19. The first kappa shape index (κ1) is 18.6. The molecule has 0 atom stereocenters. The van der Waals surface area contributed by atoms with E-state index in [2.05, 4.69) is 4.99 Å². The number of isocyanates is 1. The summed E-state index contributed by atoms with van der Waals surface area (Å²) in [7, 11) is 0. The summed E-state index contributed by atoms with van der Waals surface area (Å²) in [5.41, 5.74) is 5.23. The van der Waals surface area contributed by atoms with E-state index in [0.29, 0.717) is 24.1 Å². The number of carboxylic acid groups (broad SMARTS) is 1. The molecule has 0 unspecified atom stereocenters. The highest BCUT2D eigenvalue weighted by Gasteiger charge is 2.30. The second-order valence-corrected chi connectivity index (χ2v) is 6.07. The standard InChI is InChI=1S/C19H21NO5/c1-4-13-12(3)15-9-25-19(24)17(15)18(20-10-21)14(13)7-5-11(2)6-8-16(22)23/h5H,4,6-9H2,1-3H3,(H,22,23). The van der Waals surface area contributed by atoms with Gasteiger partial charge in [-0.1, -0.05) is 18.6 Å². The maximum absolute atomic E-state index is 12.1. The molecule has 0 amide bonds. The molecule has 0 radical (unpaired) electrons. The van der Waals surface area contributed by atoms with Crippen LogP contribution in [0.1, 0.15) is 59.3 Å². The van der Waals surface area contributed by atoms with Crippen LogP contribution >= 0.6 is 0 Å². The average molecular weight is 343 g/mol. The summed E-state index contributed by atoms with van der Waals surface area (Å²) in [6.45, 7) is 6.01. The zero-order valence-corrected chi connectivity index (χ0v) is 14.6. The van der Waals surface area contributed by atoms with Crippen molar-refractivity contribution >= 4 is 23.7 Å². The molecule has 1 aliphatic heterocycles. The van der Waals surface area contributed by atoms with E-state index in [4.69, 9.17) is 9.84 Å². The Bertz CT molecular complexity index is 801. The predicted octanol–water partition coefficient (Wildman–Crippen LogP) is 3.55. The van der Waals surface area contributed by atoms with Crippen LogP contribution in [0.25, 0.3) is 0 Å². The first-order valence-electron chi connectivity index (χ1n) is 8.20. The maximum Gasteiger partial charge on any atom is 0.341 e. The Morgan fingerprint density at radius 1 is 1.36 bits per heavy atom. The summed E-state index contributed by atoms with van der Waals surface area (Å²) in [5.74, 6) is -1.31. The van der Waals surface area contributed by atoms with Crippen LogP contribution in [-0.2, 0) is 33.8 Å². The molecule has 0 spiro atoms. The van der Waals surface area contributed by atoms with Crippen molar-refractivity contribution in [1.82, 2.24) is 0 Å². The molecule has 132 valence electrons. The SMILES string of the molecule is CCc1c(C)c2c(c(N=C=O)c1CC=C(C)CCC(=O)O)C(=O)OC2. The van der Waals surface area contributed by atoms with Gasteiger partial charge >= 0.3 is 11.9 Å². The minimum absolute atomic E-state index is 0.0673. The summed E-state index contributed by atoms with van der Waals surface area (Å²) in [6.07, 6.45) is 5.18. The van der Waals surface area contributed by atoms with Crippen molar-refractivity contribution in [2.75, 3.05) is 0 Å². The number of aliphatic imine (C=N–C) groups is 1. The number of carbonyl (C=O) groups excluding carboxylic acids is 2. The molecule has 0 aromatic heterocycles. The van der Waals surface area contributed by atoms with E-state index >= 15 is 0 Å². The number of aliphatic carboxylic acids is 1. The monoisotopic (exact) mass is 343 g/mol. The predicted molar refractivity (Wildman–Crippen MR) is 91.8 cm³/mol. The van der Waals surface area contributed by atoms with Crippen molar-refractivity contribution in [3.05, 3.63) is 39.5 Å². The number of allylic oxidation sites excluding steroid dienone is 2. The Hall–Kier alpha value is -2.72. The summed E-state index contributed by atoms with van der Waals surface area (Å²) in [4.78, 5) is 37.5. The van der Waals surface area contributed by atoms with E-state index in [0.717, 1.165) is 34.2 Å². The lowest BCUT2D eigenvalue weighted by molar-refractivity contribution is -0.136. The van der Waals surface area contributed by atoms with Crippen LogP contribution < -0.4 is 0 Å². The summed E-state index contributed by atoms with van der Waals surface area (Å²) in [6, 6.07) is 0. The largest absolute Gasteiger partial charge is 0.481 e. The van der Waals surface area contributed by atoms with Crippen LogP contribution in [0.3, 0.4) is 0 Å². The lowest BCUT2D eigenvalue weighted by Crippen LogP contribution is -2.05. The highest BCUT2D eigenvalue weighted by Crippen LogP contribution is 2.39. The minimum Gasteiger partial charge on any atom is -0.481 e. The van der Waals surface area contributed by atoms with Crippen molar-refractivity contribution in [1.29, 1.82) is 0 Å². The van der Waals surface area contributed by atoms with E-state index in [1.54, 1.807) is 6.08 Å². The fourth-order valence-electron chi connectivity index (χ4n) is 3.19. The van der Waals surface area contributed by atoms with Crippen LogP contribution in [-0.4, -0.2) is 23.1 Å².